The van der Waals surface area contributed by atoms with Gasteiger partial charge in [-0.25, -0.2) is 4.39 Å². The lowest BCUT2D eigenvalue weighted by atomic mass is 9.92. The summed E-state index contributed by atoms with van der Waals surface area (Å²) in [5.74, 6) is 0.270. The fraction of sp³-hybridized carbons (Fsp3) is 0.571. The van der Waals surface area contributed by atoms with Crippen molar-refractivity contribution >= 4 is 22.6 Å². The second-order valence-electron chi connectivity index (χ2n) is 4.46. The van der Waals surface area contributed by atoms with E-state index in [9.17, 15) is 4.39 Å². The Labute approximate surface area is 122 Å². The molecule has 18 heavy (non-hydrogen) atoms. The molecule has 102 valence electrons. The first-order chi connectivity index (χ1) is 8.60. The lowest BCUT2D eigenvalue weighted by molar-refractivity contribution is 0.170. The third-order valence-corrected chi connectivity index (χ3v) is 4.00. The van der Waals surface area contributed by atoms with E-state index in [1.54, 1.807) is 13.2 Å². The first-order valence-electron chi connectivity index (χ1n) is 6.27. The largest absolute Gasteiger partial charge is 0.385 e. The molecule has 2 unspecified atom stereocenters. The summed E-state index contributed by atoms with van der Waals surface area (Å²) in [6, 6.07) is 5.25. The van der Waals surface area contributed by atoms with Crippen LogP contribution in [0.3, 0.4) is 0 Å². The van der Waals surface area contributed by atoms with Crippen LogP contribution in [0.1, 0.15) is 31.9 Å². The highest BCUT2D eigenvalue weighted by atomic mass is 127. The van der Waals surface area contributed by atoms with Crippen LogP contribution in [-0.2, 0) is 4.74 Å². The van der Waals surface area contributed by atoms with E-state index in [4.69, 9.17) is 4.74 Å². The summed E-state index contributed by atoms with van der Waals surface area (Å²) >= 11 is 2.20. The average Bonchev–Trinajstić information content (AvgIpc) is 2.34. The van der Waals surface area contributed by atoms with Crippen LogP contribution >= 0.6 is 22.6 Å². The van der Waals surface area contributed by atoms with E-state index in [2.05, 4.69) is 41.8 Å². The molecule has 0 radical (unpaired) electrons. The minimum absolute atomic E-state index is 0.178. The van der Waals surface area contributed by atoms with E-state index in [-0.39, 0.29) is 11.9 Å². The maximum atomic E-state index is 13.2. The van der Waals surface area contributed by atoms with Crippen LogP contribution < -0.4 is 5.32 Å². The predicted molar refractivity (Wildman–Crippen MR) is 81.2 cm³/mol. The van der Waals surface area contributed by atoms with Crippen molar-refractivity contribution in [1.29, 1.82) is 0 Å². The Hall–Kier alpha value is -0.200. The number of hydrogen-bond acceptors (Lipinski definition) is 2. The summed E-state index contributed by atoms with van der Waals surface area (Å²) in [7, 11) is 1.72. The molecule has 0 aliphatic carbocycles. The van der Waals surface area contributed by atoms with Gasteiger partial charge in [0.2, 0.25) is 0 Å². The summed E-state index contributed by atoms with van der Waals surface area (Å²) in [4.78, 5) is 0. The summed E-state index contributed by atoms with van der Waals surface area (Å²) < 4.78 is 19.3. The highest BCUT2D eigenvalue weighted by Gasteiger charge is 2.20. The molecule has 0 amide bonds. The number of rotatable bonds is 7. The van der Waals surface area contributed by atoms with Crippen molar-refractivity contribution in [2.24, 2.45) is 5.92 Å². The first kappa shape index (κ1) is 15.9. The molecule has 0 fully saturated rings. The van der Waals surface area contributed by atoms with E-state index in [0.29, 0.717) is 5.92 Å². The molecule has 0 aromatic heterocycles. The van der Waals surface area contributed by atoms with E-state index in [1.165, 1.54) is 11.6 Å². The molecule has 1 aromatic rings. The van der Waals surface area contributed by atoms with Crippen LogP contribution in [0, 0.1) is 15.3 Å². The van der Waals surface area contributed by atoms with Crippen molar-refractivity contribution in [2.75, 3.05) is 20.3 Å². The molecule has 0 aliphatic heterocycles. The minimum atomic E-state index is -0.178. The molecule has 0 saturated carbocycles. The van der Waals surface area contributed by atoms with Crippen LogP contribution in [0.5, 0.6) is 0 Å². The van der Waals surface area contributed by atoms with Crippen molar-refractivity contribution in [3.8, 4) is 0 Å². The summed E-state index contributed by atoms with van der Waals surface area (Å²) in [6.07, 6.45) is 0.988. The molecule has 4 heteroatoms. The first-order valence-corrected chi connectivity index (χ1v) is 7.35. The highest BCUT2D eigenvalue weighted by Crippen LogP contribution is 2.28. The minimum Gasteiger partial charge on any atom is -0.385 e. The molecule has 1 aromatic carbocycles. The lowest BCUT2D eigenvalue weighted by Crippen LogP contribution is -2.28. The zero-order valence-electron chi connectivity index (χ0n) is 11.2. The van der Waals surface area contributed by atoms with Gasteiger partial charge in [0.15, 0.2) is 0 Å². The van der Waals surface area contributed by atoms with Crippen LogP contribution in [0.15, 0.2) is 18.2 Å². The number of nitrogens with one attached hydrogen (secondary N) is 1. The fourth-order valence-corrected chi connectivity index (χ4v) is 2.87. The molecule has 0 heterocycles. The third kappa shape index (κ3) is 4.48. The van der Waals surface area contributed by atoms with Gasteiger partial charge in [-0.3, -0.25) is 0 Å². The summed E-state index contributed by atoms with van der Waals surface area (Å²) in [5, 5.41) is 3.49. The molecular formula is C14H21FINO. The average molecular weight is 365 g/mol. The zero-order chi connectivity index (χ0) is 13.5. The molecule has 1 rings (SSSR count). The smallest absolute Gasteiger partial charge is 0.124 e. The standard InChI is InChI=1S/C14H21FINO/c1-4-17-14(10(2)7-8-18-3)12-6-5-11(15)9-13(12)16/h5-6,9-10,14,17H,4,7-8H2,1-3H3. The van der Waals surface area contributed by atoms with Crippen molar-refractivity contribution in [3.05, 3.63) is 33.1 Å². The van der Waals surface area contributed by atoms with E-state index in [1.807, 2.05) is 6.07 Å². The van der Waals surface area contributed by atoms with Gasteiger partial charge in [-0.2, -0.15) is 0 Å². The van der Waals surface area contributed by atoms with E-state index < -0.39 is 0 Å². The van der Waals surface area contributed by atoms with Crippen molar-refractivity contribution in [3.63, 3.8) is 0 Å². The van der Waals surface area contributed by atoms with Gasteiger partial charge in [0.1, 0.15) is 5.82 Å². The Kier molecular flexibility index (Phi) is 7.11. The Morgan fingerprint density at radius 2 is 2.17 bits per heavy atom. The Morgan fingerprint density at radius 1 is 1.44 bits per heavy atom. The number of halogens is 2. The fourth-order valence-electron chi connectivity index (χ4n) is 2.06. The van der Waals surface area contributed by atoms with Crippen LogP contribution in [0.4, 0.5) is 4.39 Å². The SMILES string of the molecule is CCNC(c1ccc(F)cc1I)C(C)CCOC. The highest BCUT2D eigenvalue weighted by molar-refractivity contribution is 14.1. The second kappa shape index (κ2) is 8.07. The van der Waals surface area contributed by atoms with Gasteiger partial charge in [0.05, 0.1) is 0 Å². The van der Waals surface area contributed by atoms with Gasteiger partial charge in [-0.1, -0.05) is 19.9 Å². The molecule has 0 aliphatic rings. The van der Waals surface area contributed by atoms with Gasteiger partial charge in [0.25, 0.3) is 0 Å². The molecule has 0 spiro atoms. The Bertz CT molecular complexity index is 373. The van der Waals surface area contributed by atoms with Gasteiger partial charge >= 0.3 is 0 Å². The maximum Gasteiger partial charge on any atom is 0.124 e. The zero-order valence-corrected chi connectivity index (χ0v) is 13.3. The topological polar surface area (TPSA) is 21.3 Å². The predicted octanol–water partition coefficient (Wildman–Crippen LogP) is 3.75. The summed E-state index contributed by atoms with van der Waals surface area (Å²) in [5.41, 5.74) is 1.17. The van der Waals surface area contributed by atoms with Crippen molar-refractivity contribution < 1.29 is 9.13 Å². The molecular weight excluding hydrogens is 344 g/mol. The molecule has 1 N–H and O–H groups in total. The number of methoxy groups -OCH3 is 1. The Morgan fingerprint density at radius 3 is 2.72 bits per heavy atom. The molecule has 2 nitrogen and oxygen atoms in total. The quantitative estimate of drug-likeness (QED) is 0.743. The molecule has 0 bridgehead atoms. The van der Waals surface area contributed by atoms with Gasteiger partial charge in [0, 0.05) is 23.3 Å². The van der Waals surface area contributed by atoms with Crippen LogP contribution in [-0.4, -0.2) is 20.3 Å². The normalized spacial score (nSPS) is 14.5. The monoisotopic (exact) mass is 365 g/mol. The van der Waals surface area contributed by atoms with E-state index >= 15 is 0 Å². The third-order valence-electron chi connectivity index (χ3n) is 3.07. The lowest BCUT2D eigenvalue weighted by Gasteiger charge is -2.26. The van der Waals surface area contributed by atoms with Gasteiger partial charge in [-0.15, -0.1) is 0 Å². The number of hydrogen-bond donors (Lipinski definition) is 1. The number of ether oxygens (including phenoxy) is 1. The Balaban J connectivity index is 2.88. The van der Waals surface area contributed by atoms with Crippen molar-refractivity contribution in [1.82, 2.24) is 5.32 Å². The van der Waals surface area contributed by atoms with Crippen LogP contribution in [0.2, 0.25) is 0 Å². The summed E-state index contributed by atoms with van der Waals surface area (Å²) in [6.45, 7) is 5.94. The maximum absolute atomic E-state index is 13.2. The van der Waals surface area contributed by atoms with Gasteiger partial charge in [-0.05, 0) is 59.2 Å². The molecule has 2 atom stereocenters. The second-order valence-corrected chi connectivity index (χ2v) is 5.62. The van der Waals surface area contributed by atoms with Crippen LogP contribution in [0.25, 0.3) is 0 Å². The molecule has 0 saturated heterocycles. The van der Waals surface area contributed by atoms with E-state index in [0.717, 1.165) is 23.1 Å². The number of benzene rings is 1. The van der Waals surface area contributed by atoms with Gasteiger partial charge < -0.3 is 10.1 Å². The van der Waals surface area contributed by atoms with Crippen molar-refractivity contribution in [2.45, 2.75) is 26.3 Å².